The van der Waals surface area contributed by atoms with E-state index in [-0.39, 0.29) is 34.4 Å². The second-order valence-electron chi connectivity index (χ2n) is 16.0. The van der Waals surface area contributed by atoms with E-state index in [9.17, 15) is 61.1 Å². The highest BCUT2D eigenvalue weighted by atomic mass is 32.2. The number of pyridine rings is 1. The largest absolute Gasteiger partial charge is 0.573 e. The van der Waals surface area contributed by atoms with Crippen molar-refractivity contribution >= 4 is 27.7 Å². The maximum atomic E-state index is 13.4. The Morgan fingerprint density at radius 3 is 1.25 bits per heavy atom. The molecule has 0 aliphatic heterocycles. The summed E-state index contributed by atoms with van der Waals surface area (Å²) >= 11 is 0. The van der Waals surface area contributed by atoms with Crippen LogP contribution in [0.25, 0.3) is 0 Å². The van der Waals surface area contributed by atoms with Crippen LogP contribution in [-0.4, -0.2) is 54.1 Å². The number of rotatable bonds is 13. The monoisotopic (exact) mass is 999 g/mol. The standard InChI is InChI=1S/C25H24F6N2O3S.C19H17F6NO3S/c1-22(2,3)37(34)33-23(16-19-10-4-5-13-32-19,17-8-6-11-20(14-17)35-24(26,27)28)18-9-7-12-21(15-18)36-25(29,30)31;1-17(2,3)30(27)26-16(12-6-4-8-14(10-12)28-18(20,21)22)13-7-5-9-15(11-13)29-19(23,24)25/h4-15,33H,16H2,1-3H3;4-11H,1-3H3/t37-;30-/m11/s1. The number of ether oxygens (including phenoxy) is 4. The van der Waals surface area contributed by atoms with Crippen LogP contribution in [0.4, 0.5) is 52.7 Å². The van der Waals surface area contributed by atoms with Gasteiger partial charge in [-0.1, -0.05) is 54.6 Å². The summed E-state index contributed by atoms with van der Waals surface area (Å²) in [6.07, 6.45) is -18.4. The molecule has 0 saturated carbocycles. The third-order valence-corrected chi connectivity index (χ3v) is 11.5. The molecule has 0 aliphatic carbocycles. The van der Waals surface area contributed by atoms with Crippen LogP contribution in [0.2, 0.25) is 0 Å². The average Bonchev–Trinajstić information content (AvgIpc) is 3.17. The van der Waals surface area contributed by atoms with Gasteiger partial charge in [-0.05, 0) is 113 Å². The smallest absolute Gasteiger partial charge is 0.406 e. The van der Waals surface area contributed by atoms with Crippen LogP contribution in [0.3, 0.4) is 0 Å². The number of benzene rings is 4. The van der Waals surface area contributed by atoms with Gasteiger partial charge in [0, 0.05) is 29.4 Å². The molecular weight excluding hydrogens is 959 g/mol. The van der Waals surface area contributed by atoms with Gasteiger partial charge in [-0.3, -0.25) is 4.98 Å². The molecule has 1 heterocycles. The molecule has 1 N–H and O–H groups in total. The Bertz CT molecular complexity index is 2400. The molecule has 2 atom stereocenters. The SMILES string of the molecule is CC(C)(C)[S@@](=O)N=C(c1cccc(OC(F)(F)F)c1)c1cccc(OC(F)(F)F)c1.CC(C)(C)[S@@](=O)NC(Cc1ccccn1)(c1cccc(OC(F)(F)F)c1)c1cccc(OC(F)(F)F)c1. The van der Waals surface area contributed by atoms with Gasteiger partial charge in [-0.2, -0.15) is 4.40 Å². The minimum absolute atomic E-state index is 0.0681. The highest BCUT2D eigenvalue weighted by molar-refractivity contribution is 7.85. The summed E-state index contributed by atoms with van der Waals surface area (Å²) in [4.78, 5) is 4.29. The molecule has 0 unspecified atom stereocenters. The molecule has 5 rings (SSSR count). The minimum atomic E-state index is -4.98. The van der Waals surface area contributed by atoms with Gasteiger partial charge in [0.2, 0.25) is 0 Å². The van der Waals surface area contributed by atoms with Gasteiger partial charge >= 0.3 is 25.4 Å². The normalized spacial score (nSPS) is 13.6. The Kier molecular flexibility index (Phi) is 17.0. The highest BCUT2D eigenvalue weighted by Gasteiger charge is 2.41. The zero-order valence-electron chi connectivity index (χ0n) is 36.0. The van der Waals surface area contributed by atoms with Crippen molar-refractivity contribution in [3.05, 3.63) is 149 Å². The lowest BCUT2D eigenvalue weighted by Gasteiger charge is -2.38. The Labute approximate surface area is 381 Å². The van der Waals surface area contributed by atoms with E-state index in [0.29, 0.717) is 5.69 Å². The second-order valence-corrected chi connectivity index (χ2v) is 19.9. The number of nitrogens with one attached hydrogen (secondary N) is 1. The first-order valence-corrected chi connectivity index (χ1v) is 21.5. The van der Waals surface area contributed by atoms with E-state index < -0.39 is 85.5 Å². The van der Waals surface area contributed by atoms with Gasteiger partial charge in [0.25, 0.3) is 0 Å². The van der Waals surface area contributed by atoms with Gasteiger partial charge < -0.3 is 18.9 Å². The van der Waals surface area contributed by atoms with Crippen LogP contribution in [0.15, 0.2) is 126 Å². The van der Waals surface area contributed by atoms with Gasteiger partial charge in [-0.15, -0.1) is 52.7 Å². The average molecular weight is 1000 g/mol. The summed E-state index contributed by atoms with van der Waals surface area (Å²) in [5.74, 6) is -2.23. The molecule has 5 aromatic rings. The fraction of sp³-hybridized carbons (Fsp3) is 0.318. The third-order valence-electron chi connectivity index (χ3n) is 8.50. The van der Waals surface area contributed by atoms with Crippen molar-refractivity contribution in [2.24, 2.45) is 4.40 Å². The summed E-state index contributed by atoms with van der Waals surface area (Å²) in [6.45, 7) is 9.89. The summed E-state index contributed by atoms with van der Waals surface area (Å²) in [6, 6.07) is 24.3. The predicted octanol–water partition coefficient (Wildman–Crippen LogP) is 12.2. The summed E-state index contributed by atoms with van der Waals surface area (Å²) in [7, 11) is -3.69. The summed E-state index contributed by atoms with van der Waals surface area (Å²) in [5, 5.41) is 0. The van der Waals surface area contributed by atoms with Crippen molar-refractivity contribution in [1.82, 2.24) is 9.71 Å². The Hall–Kier alpha value is -5.68. The molecule has 4 aromatic carbocycles. The van der Waals surface area contributed by atoms with Crippen molar-refractivity contribution in [3.8, 4) is 23.0 Å². The maximum absolute atomic E-state index is 13.4. The zero-order valence-corrected chi connectivity index (χ0v) is 37.6. The van der Waals surface area contributed by atoms with E-state index in [0.717, 1.165) is 48.5 Å². The van der Waals surface area contributed by atoms with Crippen LogP contribution >= 0.6 is 0 Å². The van der Waals surface area contributed by atoms with Crippen molar-refractivity contribution in [2.45, 2.75) is 88.4 Å². The van der Waals surface area contributed by atoms with Crippen LogP contribution in [0.1, 0.15) is 69.5 Å². The van der Waals surface area contributed by atoms with Crippen LogP contribution in [0, 0.1) is 0 Å². The topological polar surface area (TPSA) is 108 Å². The van der Waals surface area contributed by atoms with Gasteiger partial charge in [0.05, 0.1) is 31.7 Å². The molecule has 1 aromatic heterocycles. The highest BCUT2D eigenvalue weighted by Crippen LogP contribution is 2.39. The number of aromatic nitrogens is 1. The minimum Gasteiger partial charge on any atom is -0.406 e. The van der Waals surface area contributed by atoms with Gasteiger partial charge in [0.15, 0.2) is 0 Å². The molecule has 0 amide bonds. The first-order chi connectivity index (χ1) is 30.7. The molecule has 9 nitrogen and oxygen atoms in total. The third kappa shape index (κ3) is 17.5. The van der Waals surface area contributed by atoms with E-state index >= 15 is 0 Å². The molecule has 364 valence electrons. The molecule has 0 spiro atoms. The fourth-order valence-electron chi connectivity index (χ4n) is 5.70. The molecule has 67 heavy (non-hydrogen) atoms. The van der Waals surface area contributed by atoms with Gasteiger partial charge in [-0.25, -0.2) is 13.1 Å². The molecule has 0 aliphatic rings. The first kappa shape index (κ1) is 53.9. The second kappa shape index (κ2) is 21.1. The van der Waals surface area contributed by atoms with E-state index in [1.165, 1.54) is 54.7 Å². The lowest BCUT2D eigenvalue weighted by atomic mass is 9.79. The predicted molar refractivity (Wildman–Crippen MR) is 226 cm³/mol. The molecular formula is C44H41F12N3O6S2. The first-order valence-electron chi connectivity index (χ1n) is 19.3. The molecule has 0 saturated heterocycles. The van der Waals surface area contributed by atoms with Crippen molar-refractivity contribution in [2.75, 3.05) is 0 Å². The quantitative estimate of drug-likeness (QED) is 0.0924. The molecule has 0 fully saturated rings. The Balaban J connectivity index is 0.000000299. The zero-order chi connectivity index (χ0) is 50.2. The van der Waals surface area contributed by atoms with E-state index in [4.69, 9.17) is 0 Å². The molecule has 0 radical (unpaired) electrons. The Morgan fingerprint density at radius 2 is 0.910 bits per heavy atom. The molecule has 0 bridgehead atoms. The van der Waals surface area contributed by atoms with E-state index in [1.807, 2.05) is 0 Å². The van der Waals surface area contributed by atoms with Crippen LogP contribution in [0.5, 0.6) is 23.0 Å². The Morgan fingerprint density at radius 1 is 0.522 bits per heavy atom. The number of hydrogen-bond acceptors (Lipinski definition) is 7. The van der Waals surface area contributed by atoms with Crippen molar-refractivity contribution < 1.29 is 80.1 Å². The number of alkyl halides is 12. The van der Waals surface area contributed by atoms with E-state index in [2.05, 4.69) is 33.1 Å². The molecule has 23 heteroatoms. The number of nitrogens with zero attached hydrogens (tertiary/aromatic N) is 2. The summed E-state index contributed by atoms with van der Waals surface area (Å²) < 4.78 is 201. The van der Waals surface area contributed by atoms with Crippen LogP contribution < -0.4 is 23.7 Å². The number of halogens is 12. The van der Waals surface area contributed by atoms with Crippen LogP contribution in [-0.2, 0) is 33.9 Å². The lowest BCUT2D eigenvalue weighted by molar-refractivity contribution is -0.275. The van der Waals surface area contributed by atoms with E-state index in [1.54, 1.807) is 59.7 Å². The number of hydrogen-bond donors (Lipinski definition) is 1. The lowest BCUT2D eigenvalue weighted by Crippen LogP contribution is -2.50. The van der Waals surface area contributed by atoms with Gasteiger partial charge in [0.1, 0.15) is 34.0 Å². The summed E-state index contributed by atoms with van der Waals surface area (Å²) in [5.41, 5.74) is -0.809. The maximum Gasteiger partial charge on any atom is 0.573 e. The fourth-order valence-corrected chi connectivity index (χ4v) is 7.28. The van der Waals surface area contributed by atoms with Crippen molar-refractivity contribution in [1.29, 1.82) is 0 Å². The van der Waals surface area contributed by atoms with Crippen molar-refractivity contribution in [3.63, 3.8) is 0 Å².